The van der Waals surface area contributed by atoms with Gasteiger partial charge in [0, 0.05) is 18.0 Å². The number of benzene rings is 1. The number of oxazole rings is 1. The number of para-hydroxylation sites is 1. The van der Waals surface area contributed by atoms with Crippen LogP contribution in [0.3, 0.4) is 0 Å². The molecule has 1 aromatic heterocycles. The minimum atomic E-state index is -0.236. The second kappa shape index (κ2) is 7.28. The van der Waals surface area contributed by atoms with Gasteiger partial charge in [0.25, 0.3) is 5.91 Å². The Balaban J connectivity index is 1.61. The minimum Gasteiger partial charge on any atom is -0.496 e. The van der Waals surface area contributed by atoms with Crippen LogP contribution in [0.5, 0.6) is 5.75 Å². The van der Waals surface area contributed by atoms with Crippen LogP contribution in [0, 0.1) is 0 Å². The summed E-state index contributed by atoms with van der Waals surface area (Å²) in [4.78, 5) is 16.6. The van der Waals surface area contributed by atoms with Crippen molar-refractivity contribution in [1.82, 2.24) is 15.6 Å². The SMILES string of the molecule is COc1ccccc1CNC(=O)c1coc(C2CCNCC2)n1. The Hall–Kier alpha value is -2.34. The topological polar surface area (TPSA) is 76.4 Å². The Morgan fingerprint density at radius 3 is 2.96 bits per heavy atom. The van der Waals surface area contributed by atoms with Gasteiger partial charge < -0.3 is 19.8 Å². The highest BCUT2D eigenvalue weighted by Gasteiger charge is 2.22. The number of amides is 1. The maximum absolute atomic E-state index is 12.2. The van der Waals surface area contributed by atoms with Crippen molar-refractivity contribution in [2.24, 2.45) is 0 Å². The molecule has 6 heteroatoms. The van der Waals surface area contributed by atoms with Gasteiger partial charge in [0.05, 0.1) is 7.11 Å². The molecule has 0 saturated carbocycles. The molecular weight excluding hydrogens is 294 g/mol. The zero-order valence-electron chi connectivity index (χ0n) is 13.2. The molecule has 0 spiro atoms. The molecule has 1 aromatic carbocycles. The van der Waals surface area contributed by atoms with Crippen molar-refractivity contribution >= 4 is 5.91 Å². The fourth-order valence-electron chi connectivity index (χ4n) is 2.76. The quantitative estimate of drug-likeness (QED) is 0.883. The Labute approximate surface area is 135 Å². The van der Waals surface area contributed by atoms with E-state index in [1.165, 1.54) is 6.26 Å². The molecule has 1 saturated heterocycles. The van der Waals surface area contributed by atoms with Crippen molar-refractivity contribution < 1.29 is 13.9 Å². The molecule has 122 valence electrons. The van der Waals surface area contributed by atoms with Crippen LogP contribution in [0.1, 0.15) is 40.7 Å². The lowest BCUT2D eigenvalue weighted by Crippen LogP contribution is -2.27. The van der Waals surface area contributed by atoms with E-state index in [2.05, 4.69) is 15.6 Å². The van der Waals surface area contributed by atoms with Crippen molar-refractivity contribution in [1.29, 1.82) is 0 Å². The molecule has 0 radical (unpaired) electrons. The summed E-state index contributed by atoms with van der Waals surface area (Å²) in [6.45, 7) is 2.31. The zero-order chi connectivity index (χ0) is 16.1. The van der Waals surface area contributed by atoms with E-state index in [9.17, 15) is 4.79 Å². The summed E-state index contributed by atoms with van der Waals surface area (Å²) in [5.41, 5.74) is 1.25. The van der Waals surface area contributed by atoms with Gasteiger partial charge in [-0.1, -0.05) is 18.2 Å². The van der Waals surface area contributed by atoms with Crippen LogP contribution >= 0.6 is 0 Å². The summed E-state index contributed by atoms with van der Waals surface area (Å²) in [6, 6.07) is 7.59. The summed E-state index contributed by atoms with van der Waals surface area (Å²) < 4.78 is 10.8. The van der Waals surface area contributed by atoms with E-state index < -0.39 is 0 Å². The summed E-state index contributed by atoms with van der Waals surface area (Å²) in [6.07, 6.45) is 3.42. The first-order valence-electron chi connectivity index (χ1n) is 7.84. The van der Waals surface area contributed by atoms with Crippen molar-refractivity contribution in [3.05, 3.63) is 47.7 Å². The molecule has 2 heterocycles. The van der Waals surface area contributed by atoms with Gasteiger partial charge in [0.15, 0.2) is 11.6 Å². The number of nitrogens with one attached hydrogen (secondary N) is 2. The predicted molar refractivity (Wildman–Crippen MR) is 85.5 cm³/mol. The molecule has 0 aliphatic carbocycles. The lowest BCUT2D eigenvalue weighted by molar-refractivity contribution is 0.0945. The van der Waals surface area contributed by atoms with Crippen molar-refractivity contribution in [2.45, 2.75) is 25.3 Å². The van der Waals surface area contributed by atoms with E-state index >= 15 is 0 Å². The number of methoxy groups -OCH3 is 1. The van der Waals surface area contributed by atoms with Gasteiger partial charge in [-0.25, -0.2) is 4.98 Å². The lowest BCUT2D eigenvalue weighted by atomic mass is 9.98. The standard InChI is InChI=1S/C17H21N3O3/c1-22-15-5-3-2-4-13(15)10-19-16(21)14-11-23-17(20-14)12-6-8-18-9-7-12/h2-5,11-12,18H,6-10H2,1H3,(H,19,21). The third kappa shape index (κ3) is 3.71. The van der Waals surface area contributed by atoms with Crippen molar-refractivity contribution in [2.75, 3.05) is 20.2 Å². The van der Waals surface area contributed by atoms with Gasteiger partial charge >= 0.3 is 0 Å². The number of hydrogen-bond acceptors (Lipinski definition) is 5. The number of carbonyl (C=O) groups is 1. The number of nitrogens with zero attached hydrogens (tertiary/aromatic N) is 1. The maximum Gasteiger partial charge on any atom is 0.273 e. The van der Waals surface area contributed by atoms with Gasteiger partial charge in [0.2, 0.25) is 0 Å². The Kier molecular flexibility index (Phi) is 4.92. The molecule has 1 fully saturated rings. The summed E-state index contributed by atoms with van der Waals surface area (Å²) in [5, 5.41) is 6.16. The van der Waals surface area contributed by atoms with Gasteiger partial charge in [-0.05, 0) is 32.0 Å². The number of carbonyl (C=O) groups excluding carboxylic acids is 1. The van der Waals surface area contributed by atoms with Crippen molar-refractivity contribution in [3.63, 3.8) is 0 Å². The predicted octanol–water partition coefficient (Wildman–Crippen LogP) is 2.08. The first-order valence-corrected chi connectivity index (χ1v) is 7.84. The van der Waals surface area contributed by atoms with E-state index in [0.29, 0.717) is 24.0 Å². The Morgan fingerprint density at radius 1 is 1.39 bits per heavy atom. The smallest absolute Gasteiger partial charge is 0.273 e. The largest absolute Gasteiger partial charge is 0.496 e. The molecule has 3 rings (SSSR count). The van der Waals surface area contributed by atoms with Crippen LogP contribution in [-0.2, 0) is 6.54 Å². The molecule has 1 aliphatic heterocycles. The first kappa shape index (κ1) is 15.6. The minimum absolute atomic E-state index is 0.236. The van der Waals surface area contributed by atoms with Crippen LogP contribution in [0.15, 0.2) is 34.9 Å². The molecular formula is C17H21N3O3. The summed E-state index contributed by atoms with van der Waals surface area (Å²) in [7, 11) is 1.61. The third-order valence-electron chi connectivity index (χ3n) is 4.07. The molecule has 1 amide bonds. The van der Waals surface area contributed by atoms with Gasteiger partial charge in [-0.15, -0.1) is 0 Å². The molecule has 0 atom stereocenters. The van der Waals surface area contributed by atoms with E-state index in [4.69, 9.17) is 9.15 Å². The number of rotatable bonds is 5. The second-order valence-electron chi connectivity index (χ2n) is 5.59. The fourth-order valence-corrected chi connectivity index (χ4v) is 2.76. The van der Waals surface area contributed by atoms with Gasteiger partial charge in [-0.3, -0.25) is 4.79 Å². The van der Waals surface area contributed by atoms with Crippen LogP contribution in [0.2, 0.25) is 0 Å². The van der Waals surface area contributed by atoms with Crippen molar-refractivity contribution in [3.8, 4) is 5.75 Å². The Morgan fingerprint density at radius 2 is 2.17 bits per heavy atom. The van der Waals surface area contributed by atoms with Crippen LogP contribution in [0.4, 0.5) is 0 Å². The molecule has 2 aromatic rings. The number of ether oxygens (including phenoxy) is 1. The highest BCUT2D eigenvalue weighted by Crippen LogP contribution is 2.24. The monoisotopic (exact) mass is 315 g/mol. The lowest BCUT2D eigenvalue weighted by Gasteiger charge is -2.19. The molecule has 0 unspecified atom stereocenters. The molecule has 2 N–H and O–H groups in total. The fraction of sp³-hybridized carbons (Fsp3) is 0.412. The maximum atomic E-state index is 12.2. The van der Waals surface area contributed by atoms with E-state index in [0.717, 1.165) is 37.2 Å². The number of aromatic nitrogens is 1. The second-order valence-corrected chi connectivity index (χ2v) is 5.59. The Bertz CT molecular complexity index is 663. The van der Waals surface area contributed by atoms with Gasteiger partial charge in [0.1, 0.15) is 12.0 Å². The zero-order valence-corrected chi connectivity index (χ0v) is 13.2. The highest BCUT2D eigenvalue weighted by atomic mass is 16.5. The van der Waals surface area contributed by atoms with Crippen LogP contribution in [0.25, 0.3) is 0 Å². The third-order valence-corrected chi connectivity index (χ3v) is 4.07. The molecule has 6 nitrogen and oxygen atoms in total. The van der Waals surface area contributed by atoms with E-state index in [1.54, 1.807) is 7.11 Å². The highest BCUT2D eigenvalue weighted by molar-refractivity contribution is 5.91. The van der Waals surface area contributed by atoms with Crippen LogP contribution < -0.4 is 15.4 Å². The average molecular weight is 315 g/mol. The molecule has 0 bridgehead atoms. The summed E-state index contributed by atoms with van der Waals surface area (Å²) >= 11 is 0. The van der Waals surface area contributed by atoms with Crippen LogP contribution in [-0.4, -0.2) is 31.1 Å². The number of piperidine rings is 1. The normalized spacial score (nSPS) is 15.3. The first-order chi connectivity index (χ1) is 11.3. The van der Waals surface area contributed by atoms with E-state index in [1.807, 2.05) is 24.3 Å². The summed E-state index contributed by atoms with van der Waals surface area (Å²) in [5.74, 6) is 1.48. The number of hydrogen-bond donors (Lipinski definition) is 2. The molecule has 1 aliphatic rings. The average Bonchev–Trinajstić information content (AvgIpc) is 3.11. The van der Waals surface area contributed by atoms with E-state index in [-0.39, 0.29) is 5.91 Å². The van der Waals surface area contributed by atoms with Gasteiger partial charge in [-0.2, -0.15) is 0 Å². The molecule has 23 heavy (non-hydrogen) atoms.